The van der Waals surface area contributed by atoms with E-state index in [1.165, 1.54) is 25.6 Å². The van der Waals surface area contributed by atoms with Crippen LogP contribution in [-0.2, 0) is 24.1 Å². The molecule has 1 N–H and O–H groups in total. The zero-order valence-electron chi connectivity index (χ0n) is 14.0. The fraction of sp³-hybridized carbons (Fsp3) is 0.467. The number of hydrogen-bond donors (Lipinski definition) is 1. The smallest absolute Gasteiger partial charge is 0.328 e. The van der Waals surface area contributed by atoms with Gasteiger partial charge in [0.2, 0.25) is 10.0 Å². The predicted octanol–water partition coefficient (Wildman–Crippen LogP) is -0.725. The molecule has 0 aliphatic carbocycles. The summed E-state index contributed by atoms with van der Waals surface area (Å²) >= 11 is 0. The molecule has 1 aromatic carbocycles. The van der Waals surface area contributed by atoms with E-state index in [2.05, 4.69) is 5.32 Å². The molecule has 1 aromatic heterocycles. The molecule has 2 fully saturated rings. The zero-order chi connectivity index (χ0) is 17.9. The minimum Gasteiger partial charge on any atom is -0.336 e. The number of amides is 2. The van der Waals surface area contributed by atoms with Crippen molar-refractivity contribution in [1.29, 1.82) is 0 Å². The van der Waals surface area contributed by atoms with Crippen LogP contribution in [0.2, 0.25) is 0 Å². The van der Waals surface area contributed by atoms with Crippen molar-refractivity contribution in [3.63, 3.8) is 0 Å². The standard InChI is InChI=1S/C15H19N5O4S/c1-17-12-4-3-11(7-13(12)18(2)15(17)22)25(23,24)19-5-6-20-10(9-19)8-16-14(20)21/h3-4,7,10H,5-6,8-9H2,1-2H3,(H,16,21)/t10-/m0/s1. The number of hydrogen-bond acceptors (Lipinski definition) is 4. The summed E-state index contributed by atoms with van der Waals surface area (Å²) < 4.78 is 30.4. The summed E-state index contributed by atoms with van der Waals surface area (Å²) in [6.07, 6.45) is 0. The Labute approximate surface area is 144 Å². The molecule has 2 aliphatic heterocycles. The number of imidazole rings is 1. The Bertz CT molecular complexity index is 1040. The summed E-state index contributed by atoms with van der Waals surface area (Å²) in [6, 6.07) is 4.45. The van der Waals surface area contributed by atoms with Gasteiger partial charge in [-0.2, -0.15) is 4.31 Å². The van der Waals surface area contributed by atoms with Crippen molar-refractivity contribution in [3.05, 3.63) is 28.7 Å². The lowest BCUT2D eigenvalue weighted by Gasteiger charge is -2.35. The van der Waals surface area contributed by atoms with Gasteiger partial charge in [-0.3, -0.25) is 9.13 Å². The van der Waals surface area contributed by atoms with Crippen molar-refractivity contribution < 1.29 is 13.2 Å². The van der Waals surface area contributed by atoms with Crippen LogP contribution in [0.3, 0.4) is 0 Å². The Hall–Kier alpha value is -2.33. The largest absolute Gasteiger partial charge is 0.336 e. The van der Waals surface area contributed by atoms with E-state index < -0.39 is 10.0 Å². The number of rotatable bonds is 2. The van der Waals surface area contributed by atoms with Crippen LogP contribution in [0.25, 0.3) is 11.0 Å². The number of carbonyl (C=O) groups is 1. The van der Waals surface area contributed by atoms with Gasteiger partial charge in [0, 0.05) is 40.3 Å². The SMILES string of the molecule is Cn1c(=O)n(C)c2cc(S(=O)(=O)N3CCN4C(=O)NC[C@H]4C3)ccc21. The quantitative estimate of drug-likeness (QED) is 0.759. The Morgan fingerprint density at radius 3 is 2.56 bits per heavy atom. The summed E-state index contributed by atoms with van der Waals surface area (Å²) in [7, 11) is -0.411. The van der Waals surface area contributed by atoms with E-state index in [0.717, 1.165) is 0 Å². The molecule has 0 saturated carbocycles. The summed E-state index contributed by atoms with van der Waals surface area (Å²) in [5.74, 6) is 0. The molecular weight excluding hydrogens is 346 g/mol. The first-order chi connectivity index (χ1) is 11.8. The van der Waals surface area contributed by atoms with E-state index >= 15 is 0 Å². The van der Waals surface area contributed by atoms with Crippen LogP contribution in [0.4, 0.5) is 4.79 Å². The highest BCUT2D eigenvalue weighted by molar-refractivity contribution is 7.89. The second kappa shape index (κ2) is 5.33. The molecule has 0 spiro atoms. The molecule has 2 aromatic rings. The first-order valence-corrected chi connectivity index (χ1v) is 9.45. The number of aromatic nitrogens is 2. The van der Waals surface area contributed by atoms with Crippen LogP contribution in [0.5, 0.6) is 0 Å². The second-order valence-corrected chi connectivity index (χ2v) is 8.39. The number of sulfonamides is 1. The topological polar surface area (TPSA) is 96.7 Å². The van der Waals surface area contributed by atoms with Gasteiger partial charge in [0.05, 0.1) is 22.0 Å². The first-order valence-electron chi connectivity index (χ1n) is 8.01. The minimum absolute atomic E-state index is 0.136. The van der Waals surface area contributed by atoms with E-state index in [9.17, 15) is 18.0 Å². The van der Waals surface area contributed by atoms with Crippen LogP contribution in [0, 0.1) is 0 Å². The molecule has 1 atom stereocenters. The second-order valence-electron chi connectivity index (χ2n) is 6.45. The van der Waals surface area contributed by atoms with Gasteiger partial charge in [0.1, 0.15) is 0 Å². The summed E-state index contributed by atoms with van der Waals surface area (Å²) in [5.41, 5.74) is 1.06. The molecule has 25 heavy (non-hydrogen) atoms. The lowest BCUT2D eigenvalue weighted by molar-refractivity contribution is 0.164. The maximum Gasteiger partial charge on any atom is 0.328 e. The van der Waals surface area contributed by atoms with Gasteiger partial charge in [0.25, 0.3) is 0 Å². The molecule has 2 amide bonds. The maximum absolute atomic E-state index is 13.0. The number of nitrogens with zero attached hydrogens (tertiary/aromatic N) is 4. The van der Waals surface area contributed by atoms with Crippen molar-refractivity contribution in [1.82, 2.24) is 23.7 Å². The van der Waals surface area contributed by atoms with Gasteiger partial charge < -0.3 is 10.2 Å². The maximum atomic E-state index is 13.0. The third-order valence-corrected chi connectivity index (χ3v) is 6.94. The number of benzene rings is 1. The van der Waals surface area contributed by atoms with Gasteiger partial charge in [-0.05, 0) is 18.2 Å². The van der Waals surface area contributed by atoms with Crippen LogP contribution in [0.1, 0.15) is 0 Å². The lowest BCUT2D eigenvalue weighted by Crippen LogP contribution is -2.53. The van der Waals surface area contributed by atoms with E-state index in [0.29, 0.717) is 24.1 Å². The highest BCUT2D eigenvalue weighted by atomic mass is 32.2. The van der Waals surface area contributed by atoms with Crippen LogP contribution < -0.4 is 11.0 Å². The third-order valence-electron chi connectivity index (χ3n) is 5.08. The fourth-order valence-corrected chi connectivity index (χ4v) is 5.08. The van der Waals surface area contributed by atoms with Crippen LogP contribution in [0.15, 0.2) is 27.9 Å². The molecule has 2 aliphatic rings. The minimum atomic E-state index is -3.69. The highest BCUT2D eigenvalue weighted by Gasteiger charge is 2.39. The van der Waals surface area contributed by atoms with Crippen LogP contribution in [-0.4, -0.2) is 65.0 Å². The van der Waals surface area contributed by atoms with Crippen LogP contribution >= 0.6 is 0 Å². The molecular formula is C15H19N5O4S. The number of nitrogens with one attached hydrogen (secondary N) is 1. The van der Waals surface area contributed by atoms with Gasteiger partial charge in [-0.25, -0.2) is 18.0 Å². The Kier molecular flexibility index (Phi) is 3.45. The average molecular weight is 365 g/mol. The van der Waals surface area contributed by atoms with Crippen molar-refractivity contribution in [2.75, 3.05) is 26.2 Å². The molecule has 9 nitrogen and oxygen atoms in total. The van der Waals surface area contributed by atoms with Gasteiger partial charge >= 0.3 is 11.7 Å². The summed E-state index contributed by atoms with van der Waals surface area (Å²) in [6.45, 7) is 1.36. The first kappa shape index (κ1) is 16.2. The molecule has 3 heterocycles. The van der Waals surface area contributed by atoms with Crippen molar-refractivity contribution in [2.24, 2.45) is 14.1 Å². The molecule has 0 bridgehead atoms. The molecule has 0 unspecified atom stereocenters. The number of carbonyl (C=O) groups excluding carboxylic acids is 1. The van der Waals surface area contributed by atoms with E-state index in [-0.39, 0.29) is 35.7 Å². The molecule has 10 heteroatoms. The monoisotopic (exact) mass is 365 g/mol. The summed E-state index contributed by atoms with van der Waals surface area (Å²) in [4.78, 5) is 25.5. The lowest BCUT2D eigenvalue weighted by atomic mass is 10.2. The van der Waals surface area contributed by atoms with Crippen molar-refractivity contribution >= 4 is 27.1 Å². The number of urea groups is 1. The fourth-order valence-electron chi connectivity index (χ4n) is 3.59. The Morgan fingerprint density at radius 2 is 1.80 bits per heavy atom. The number of aryl methyl sites for hydroxylation is 2. The average Bonchev–Trinajstić information content (AvgIpc) is 3.08. The number of fused-ring (bicyclic) bond motifs is 2. The number of piperazine rings is 1. The van der Waals surface area contributed by atoms with Gasteiger partial charge in [-0.1, -0.05) is 0 Å². The molecule has 2 saturated heterocycles. The summed E-state index contributed by atoms with van der Waals surface area (Å²) in [5, 5.41) is 2.74. The van der Waals surface area contributed by atoms with Gasteiger partial charge in [0.15, 0.2) is 0 Å². The normalized spacial score (nSPS) is 21.6. The van der Waals surface area contributed by atoms with Gasteiger partial charge in [-0.15, -0.1) is 0 Å². The van der Waals surface area contributed by atoms with Crippen molar-refractivity contribution in [2.45, 2.75) is 10.9 Å². The van der Waals surface area contributed by atoms with E-state index in [1.807, 2.05) is 0 Å². The Balaban J connectivity index is 1.71. The van der Waals surface area contributed by atoms with E-state index in [1.54, 1.807) is 25.1 Å². The third kappa shape index (κ3) is 2.28. The molecule has 0 radical (unpaired) electrons. The van der Waals surface area contributed by atoms with Crippen molar-refractivity contribution in [3.8, 4) is 0 Å². The van der Waals surface area contributed by atoms with E-state index in [4.69, 9.17) is 0 Å². The predicted molar refractivity (Wildman–Crippen MR) is 90.8 cm³/mol. The highest BCUT2D eigenvalue weighted by Crippen LogP contribution is 2.24. The Morgan fingerprint density at radius 1 is 1.08 bits per heavy atom. The molecule has 134 valence electrons. The molecule has 4 rings (SSSR count). The zero-order valence-corrected chi connectivity index (χ0v) is 14.8.